The van der Waals surface area contributed by atoms with E-state index < -0.39 is 0 Å². The number of hydrogen-bond acceptors (Lipinski definition) is 3. The standard InChI is InChI=1S/C18H28N2O/c1-14(16-6-3-4-8-18(16)21-2)20-12-9-15(10-13-20)17-7-5-11-19-17/h3-4,6,8,14-15,17,19H,5,7,9-13H2,1-2H3. The number of nitrogens with zero attached hydrogens (tertiary/aromatic N) is 1. The van der Waals surface area contributed by atoms with E-state index in [-0.39, 0.29) is 0 Å². The molecular formula is C18H28N2O. The summed E-state index contributed by atoms with van der Waals surface area (Å²) >= 11 is 0. The summed E-state index contributed by atoms with van der Waals surface area (Å²) in [5.74, 6) is 1.90. The highest BCUT2D eigenvalue weighted by molar-refractivity contribution is 5.35. The van der Waals surface area contributed by atoms with Gasteiger partial charge in [0.1, 0.15) is 5.75 Å². The van der Waals surface area contributed by atoms with Crippen LogP contribution in [0.3, 0.4) is 0 Å². The molecule has 1 N–H and O–H groups in total. The molecule has 2 aliphatic rings. The maximum atomic E-state index is 5.52. The minimum atomic E-state index is 0.443. The fraction of sp³-hybridized carbons (Fsp3) is 0.667. The van der Waals surface area contributed by atoms with Crippen molar-refractivity contribution in [2.24, 2.45) is 5.92 Å². The lowest BCUT2D eigenvalue weighted by Gasteiger charge is -2.38. The number of methoxy groups -OCH3 is 1. The average molecular weight is 288 g/mol. The predicted octanol–water partition coefficient (Wildman–Crippen LogP) is 3.22. The minimum absolute atomic E-state index is 0.443. The fourth-order valence-corrected chi connectivity index (χ4v) is 4.03. The van der Waals surface area contributed by atoms with Crippen LogP contribution in [0.4, 0.5) is 0 Å². The number of piperidine rings is 1. The molecule has 0 aromatic heterocycles. The van der Waals surface area contributed by atoms with Crippen molar-refractivity contribution in [2.75, 3.05) is 26.7 Å². The molecule has 0 amide bonds. The van der Waals surface area contributed by atoms with E-state index in [1.807, 2.05) is 6.07 Å². The Kier molecular flexibility index (Phi) is 4.81. The summed E-state index contributed by atoms with van der Waals surface area (Å²) < 4.78 is 5.52. The van der Waals surface area contributed by atoms with E-state index in [0.717, 1.165) is 17.7 Å². The highest BCUT2D eigenvalue weighted by Gasteiger charge is 2.30. The monoisotopic (exact) mass is 288 g/mol. The lowest BCUT2D eigenvalue weighted by atomic mass is 9.87. The van der Waals surface area contributed by atoms with Gasteiger partial charge < -0.3 is 10.1 Å². The first-order valence-electron chi connectivity index (χ1n) is 8.40. The van der Waals surface area contributed by atoms with E-state index in [0.29, 0.717) is 6.04 Å². The quantitative estimate of drug-likeness (QED) is 0.920. The summed E-state index contributed by atoms with van der Waals surface area (Å²) in [4.78, 5) is 2.61. The van der Waals surface area contributed by atoms with Crippen molar-refractivity contribution in [2.45, 2.75) is 44.7 Å². The zero-order chi connectivity index (χ0) is 14.7. The molecule has 3 nitrogen and oxygen atoms in total. The predicted molar refractivity (Wildman–Crippen MR) is 86.7 cm³/mol. The second-order valence-electron chi connectivity index (χ2n) is 6.49. The first kappa shape index (κ1) is 14.9. The number of likely N-dealkylation sites (tertiary alicyclic amines) is 1. The summed E-state index contributed by atoms with van der Waals surface area (Å²) in [6, 6.07) is 9.67. The van der Waals surface area contributed by atoms with Crippen LogP contribution in [-0.4, -0.2) is 37.7 Å². The number of ether oxygens (including phenoxy) is 1. The van der Waals surface area contributed by atoms with E-state index >= 15 is 0 Å². The van der Waals surface area contributed by atoms with Crippen LogP contribution < -0.4 is 10.1 Å². The van der Waals surface area contributed by atoms with E-state index in [2.05, 4.69) is 35.3 Å². The highest BCUT2D eigenvalue weighted by Crippen LogP contribution is 2.33. The first-order chi connectivity index (χ1) is 10.3. The van der Waals surface area contributed by atoms with Crippen molar-refractivity contribution < 1.29 is 4.74 Å². The zero-order valence-corrected chi connectivity index (χ0v) is 13.3. The smallest absolute Gasteiger partial charge is 0.123 e. The van der Waals surface area contributed by atoms with Crippen LogP contribution in [-0.2, 0) is 0 Å². The summed E-state index contributed by atoms with van der Waals surface area (Å²) in [5.41, 5.74) is 1.32. The van der Waals surface area contributed by atoms with Gasteiger partial charge in [-0.3, -0.25) is 4.90 Å². The molecule has 3 heteroatoms. The van der Waals surface area contributed by atoms with Gasteiger partial charge in [0, 0.05) is 17.6 Å². The van der Waals surface area contributed by atoms with Crippen molar-refractivity contribution in [3.8, 4) is 5.75 Å². The summed E-state index contributed by atoms with van der Waals surface area (Å²) in [6.45, 7) is 5.96. The Labute approximate surface area is 128 Å². The van der Waals surface area contributed by atoms with Crippen LogP contribution in [0.15, 0.2) is 24.3 Å². The van der Waals surface area contributed by atoms with E-state index in [1.165, 1.54) is 50.9 Å². The Morgan fingerprint density at radius 2 is 1.95 bits per heavy atom. The third-order valence-electron chi connectivity index (χ3n) is 5.38. The Morgan fingerprint density at radius 3 is 2.62 bits per heavy atom. The number of para-hydroxylation sites is 1. The van der Waals surface area contributed by atoms with Gasteiger partial charge in [0.15, 0.2) is 0 Å². The molecule has 0 spiro atoms. The van der Waals surface area contributed by atoms with Crippen LogP contribution in [0.25, 0.3) is 0 Å². The number of nitrogens with one attached hydrogen (secondary N) is 1. The zero-order valence-electron chi connectivity index (χ0n) is 13.3. The third-order valence-corrected chi connectivity index (χ3v) is 5.38. The largest absolute Gasteiger partial charge is 0.496 e. The lowest BCUT2D eigenvalue weighted by Crippen LogP contribution is -2.41. The Bertz CT molecular complexity index is 448. The summed E-state index contributed by atoms with van der Waals surface area (Å²) in [6.07, 6.45) is 5.41. The van der Waals surface area contributed by atoms with Crippen molar-refractivity contribution in [3.05, 3.63) is 29.8 Å². The molecule has 0 bridgehead atoms. The summed E-state index contributed by atoms with van der Waals surface area (Å²) in [7, 11) is 1.77. The van der Waals surface area contributed by atoms with E-state index in [9.17, 15) is 0 Å². The molecule has 2 heterocycles. The molecule has 0 aliphatic carbocycles. The van der Waals surface area contributed by atoms with Gasteiger partial charge in [0.05, 0.1) is 7.11 Å². The number of benzene rings is 1. The van der Waals surface area contributed by atoms with Gasteiger partial charge >= 0.3 is 0 Å². The molecule has 2 unspecified atom stereocenters. The van der Waals surface area contributed by atoms with Crippen LogP contribution in [0, 0.1) is 5.92 Å². The fourth-order valence-electron chi connectivity index (χ4n) is 4.03. The van der Waals surface area contributed by atoms with Crippen LogP contribution in [0.1, 0.15) is 44.2 Å². The molecule has 2 saturated heterocycles. The topological polar surface area (TPSA) is 24.5 Å². The number of rotatable bonds is 4. The van der Waals surface area contributed by atoms with E-state index in [1.54, 1.807) is 7.11 Å². The maximum Gasteiger partial charge on any atom is 0.123 e. The second kappa shape index (κ2) is 6.80. The molecule has 21 heavy (non-hydrogen) atoms. The van der Waals surface area contributed by atoms with E-state index in [4.69, 9.17) is 4.74 Å². The van der Waals surface area contributed by atoms with Gasteiger partial charge in [0.25, 0.3) is 0 Å². The van der Waals surface area contributed by atoms with Gasteiger partial charge in [0.2, 0.25) is 0 Å². The summed E-state index contributed by atoms with van der Waals surface area (Å²) in [5, 5.41) is 3.68. The molecule has 1 aromatic carbocycles. The lowest BCUT2D eigenvalue weighted by molar-refractivity contribution is 0.125. The third kappa shape index (κ3) is 3.24. The Balaban J connectivity index is 1.60. The maximum absolute atomic E-state index is 5.52. The van der Waals surface area contributed by atoms with Crippen LogP contribution in [0.2, 0.25) is 0 Å². The van der Waals surface area contributed by atoms with Gasteiger partial charge in [-0.2, -0.15) is 0 Å². The number of hydrogen-bond donors (Lipinski definition) is 1. The van der Waals surface area contributed by atoms with Gasteiger partial charge in [-0.05, 0) is 64.2 Å². The van der Waals surface area contributed by atoms with Crippen LogP contribution in [0.5, 0.6) is 5.75 Å². The normalized spacial score (nSPS) is 25.9. The van der Waals surface area contributed by atoms with Gasteiger partial charge in [-0.25, -0.2) is 0 Å². The molecule has 1 aromatic rings. The van der Waals surface area contributed by atoms with Crippen molar-refractivity contribution >= 4 is 0 Å². The average Bonchev–Trinajstić information content (AvgIpc) is 3.09. The van der Waals surface area contributed by atoms with Crippen molar-refractivity contribution in [3.63, 3.8) is 0 Å². The first-order valence-corrected chi connectivity index (χ1v) is 8.40. The SMILES string of the molecule is COc1ccccc1C(C)N1CCC(C2CCCN2)CC1. The second-order valence-corrected chi connectivity index (χ2v) is 6.49. The molecule has 116 valence electrons. The highest BCUT2D eigenvalue weighted by atomic mass is 16.5. The Hall–Kier alpha value is -1.06. The van der Waals surface area contributed by atoms with Crippen molar-refractivity contribution in [1.82, 2.24) is 10.2 Å². The Morgan fingerprint density at radius 1 is 1.19 bits per heavy atom. The minimum Gasteiger partial charge on any atom is -0.496 e. The van der Waals surface area contributed by atoms with Gasteiger partial charge in [-0.15, -0.1) is 0 Å². The molecule has 0 radical (unpaired) electrons. The van der Waals surface area contributed by atoms with Gasteiger partial charge in [-0.1, -0.05) is 18.2 Å². The molecule has 3 rings (SSSR count). The molecule has 2 atom stereocenters. The molecular weight excluding hydrogens is 260 g/mol. The molecule has 2 fully saturated rings. The van der Waals surface area contributed by atoms with Crippen molar-refractivity contribution in [1.29, 1.82) is 0 Å². The molecule has 0 saturated carbocycles. The van der Waals surface area contributed by atoms with Crippen LogP contribution >= 0.6 is 0 Å². The molecule has 2 aliphatic heterocycles.